The molecule has 0 aliphatic heterocycles. The molecule has 2 rings (SSSR count). The van der Waals surface area contributed by atoms with Crippen LogP contribution in [-0.4, -0.2) is 25.2 Å². The van der Waals surface area contributed by atoms with Crippen molar-refractivity contribution in [3.05, 3.63) is 50.6 Å². The van der Waals surface area contributed by atoms with E-state index in [2.05, 4.69) is 10.2 Å². The van der Waals surface area contributed by atoms with Gasteiger partial charge in [0.15, 0.2) is 0 Å². The van der Waals surface area contributed by atoms with Crippen molar-refractivity contribution in [2.75, 3.05) is 0 Å². The molecule has 11 heteroatoms. The van der Waals surface area contributed by atoms with E-state index in [0.717, 1.165) is 0 Å². The van der Waals surface area contributed by atoms with Crippen molar-refractivity contribution >= 4 is 22.7 Å². The molecular weight excluding hydrogens is 312 g/mol. The second-order valence-corrected chi connectivity index (χ2v) is 4.16. The molecule has 0 saturated carbocycles. The van der Waals surface area contributed by atoms with Crippen molar-refractivity contribution in [1.82, 2.24) is 0 Å². The predicted molar refractivity (Wildman–Crippen MR) is 75.4 cm³/mol. The number of phenolic OH excluding ortho intramolecular Hbond substituents is 3. The van der Waals surface area contributed by atoms with Gasteiger partial charge in [-0.15, -0.1) is 10.2 Å². The Morgan fingerprint density at radius 2 is 1.48 bits per heavy atom. The van der Waals surface area contributed by atoms with Crippen LogP contribution >= 0.6 is 0 Å². The van der Waals surface area contributed by atoms with E-state index >= 15 is 0 Å². The lowest BCUT2D eigenvalue weighted by atomic mass is 10.2. The zero-order chi connectivity index (χ0) is 17.1. The van der Waals surface area contributed by atoms with Crippen LogP contribution < -0.4 is 0 Å². The highest BCUT2D eigenvalue weighted by atomic mass is 16.6. The van der Waals surface area contributed by atoms with Gasteiger partial charge in [-0.25, -0.2) is 0 Å². The molecule has 0 atom stereocenters. The Morgan fingerprint density at radius 3 is 2.04 bits per heavy atom. The highest BCUT2D eigenvalue weighted by Gasteiger charge is 2.32. The highest BCUT2D eigenvalue weighted by molar-refractivity contribution is 5.75. The molecule has 0 aromatic heterocycles. The number of azo groups is 1. The Hall–Kier alpha value is -3.76. The van der Waals surface area contributed by atoms with Crippen molar-refractivity contribution in [2.24, 2.45) is 10.2 Å². The van der Waals surface area contributed by atoms with Crippen molar-refractivity contribution in [3.63, 3.8) is 0 Å². The summed E-state index contributed by atoms with van der Waals surface area (Å²) in [4.78, 5) is 19.4. The van der Waals surface area contributed by atoms with Gasteiger partial charge in [-0.3, -0.25) is 20.2 Å². The van der Waals surface area contributed by atoms with E-state index in [1.807, 2.05) is 0 Å². The lowest BCUT2D eigenvalue weighted by Gasteiger charge is -2.03. The number of para-hydroxylation sites is 1. The zero-order valence-electron chi connectivity index (χ0n) is 11.2. The zero-order valence-corrected chi connectivity index (χ0v) is 11.2. The second-order valence-electron chi connectivity index (χ2n) is 4.16. The molecule has 0 spiro atoms. The molecule has 0 radical (unpaired) electrons. The van der Waals surface area contributed by atoms with Gasteiger partial charge in [0.2, 0.25) is 5.75 Å². The SMILES string of the molecule is O=[N+]([O-])c1cc(N=Nc2ccccc2O)c(O)c([N+](=O)[O-])c1O. The number of rotatable bonds is 4. The average Bonchev–Trinajstić information content (AvgIpc) is 2.47. The smallest absolute Gasteiger partial charge is 0.361 e. The Kier molecular flexibility index (Phi) is 4.03. The Labute approximate surface area is 127 Å². The van der Waals surface area contributed by atoms with Crippen LogP contribution in [0.5, 0.6) is 17.2 Å². The summed E-state index contributed by atoms with van der Waals surface area (Å²) in [6, 6.07) is 6.33. The van der Waals surface area contributed by atoms with E-state index in [-0.39, 0.29) is 11.4 Å². The third kappa shape index (κ3) is 2.97. The van der Waals surface area contributed by atoms with Crippen LogP contribution in [0.3, 0.4) is 0 Å². The van der Waals surface area contributed by atoms with E-state index in [9.17, 15) is 35.5 Å². The van der Waals surface area contributed by atoms with E-state index in [1.165, 1.54) is 24.3 Å². The minimum absolute atomic E-state index is 0.0229. The number of benzene rings is 2. The summed E-state index contributed by atoms with van der Waals surface area (Å²) >= 11 is 0. The van der Waals surface area contributed by atoms with Gasteiger partial charge < -0.3 is 15.3 Å². The van der Waals surface area contributed by atoms with Gasteiger partial charge in [-0.05, 0) is 12.1 Å². The molecule has 118 valence electrons. The summed E-state index contributed by atoms with van der Waals surface area (Å²) in [5, 5.41) is 57.5. The van der Waals surface area contributed by atoms with Crippen LogP contribution in [0.25, 0.3) is 0 Å². The molecule has 23 heavy (non-hydrogen) atoms. The monoisotopic (exact) mass is 320 g/mol. The average molecular weight is 320 g/mol. The highest BCUT2D eigenvalue weighted by Crippen LogP contribution is 2.48. The van der Waals surface area contributed by atoms with E-state index in [4.69, 9.17) is 0 Å². The molecule has 11 nitrogen and oxygen atoms in total. The summed E-state index contributed by atoms with van der Waals surface area (Å²) in [7, 11) is 0. The van der Waals surface area contributed by atoms with Gasteiger partial charge >= 0.3 is 11.4 Å². The van der Waals surface area contributed by atoms with Crippen LogP contribution in [-0.2, 0) is 0 Å². The van der Waals surface area contributed by atoms with Gasteiger partial charge in [0.05, 0.1) is 15.9 Å². The van der Waals surface area contributed by atoms with Gasteiger partial charge in [0.1, 0.15) is 17.1 Å². The maximum atomic E-state index is 10.8. The normalized spacial score (nSPS) is 10.8. The van der Waals surface area contributed by atoms with E-state index in [1.54, 1.807) is 0 Å². The number of phenols is 3. The molecule has 0 fully saturated rings. The maximum Gasteiger partial charge on any atom is 0.361 e. The molecule has 2 aromatic rings. The Balaban J connectivity index is 2.61. The summed E-state index contributed by atoms with van der Waals surface area (Å²) in [6.45, 7) is 0. The number of hydrogen-bond acceptors (Lipinski definition) is 9. The Morgan fingerprint density at radius 1 is 0.870 bits per heavy atom. The molecule has 0 bridgehead atoms. The number of nitro groups is 2. The first-order valence-corrected chi connectivity index (χ1v) is 5.90. The lowest BCUT2D eigenvalue weighted by molar-refractivity contribution is -0.396. The fraction of sp³-hybridized carbons (Fsp3) is 0. The summed E-state index contributed by atoms with van der Waals surface area (Å²) in [5.74, 6) is -2.63. The third-order valence-corrected chi connectivity index (χ3v) is 2.73. The molecule has 0 heterocycles. The van der Waals surface area contributed by atoms with Crippen LogP contribution in [0.4, 0.5) is 22.7 Å². The van der Waals surface area contributed by atoms with Gasteiger partial charge in [0, 0.05) is 0 Å². The first-order chi connectivity index (χ1) is 10.8. The van der Waals surface area contributed by atoms with Crippen molar-refractivity contribution in [2.45, 2.75) is 0 Å². The van der Waals surface area contributed by atoms with Gasteiger partial charge in [0.25, 0.3) is 5.75 Å². The standard InChI is InChI=1S/C12H8N4O7/c17-9-4-2-1-3-6(9)13-14-7-5-8(15(20)21)12(19)10(11(7)18)16(22)23/h1-5,17-19H. The molecule has 0 saturated heterocycles. The molecular formula is C12H8N4O7. The van der Waals surface area contributed by atoms with Crippen LogP contribution in [0.15, 0.2) is 40.6 Å². The van der Waals surface area contributed by atoms with Crippen molar-refractivity contribution in [3.8, 4) is 17.2 Å². The number of hydrogen-bond donors (Lipinski definition) is 3. The largest absolute Gasteiger partial charge is 0.506 e. The fourth-order valence-corrected chi connectivity index (χ4v) is 1.67. The number of aromatic hydroxyl groups is 3. The molecule has 0 unspecified atom stereocenters. The minimum Gasteiger partial charge on any atom is -0.506 e. The first-order valence-electron chi connectivity index (χ1n) is 5.90. The molecule has 0 amide bonds. The topological polar surface area (TPSA) is 172 Å². The summed E-state index contributed by atoms with van der Waals surface area (Å²) < 4.78 is 0. The van der Waals surface area contributed by atoms with E-state index < -0.39 is 38.4 Å². The number of nitrogens with zero attached hydrogens (tertiary/aromatic N) is 4. The summed E-state index contributed by atoms with van der Waals surface area (Å²) in [6.07, 6.45) is 0. The predicted octanol–water partition coefficient (Wildman–Crippen LogP) is 3.04. The Bertz CT molecular complexity index is 834. The van der Waals surface area contributed by atoms with Gasteiger partial charge in [-0.2, -0.15) is 0 Å². The minimum atomic E-state index is -1.29. The fourth-order valence-electron chi connectivity index (χ4n) is 1.67. The summed E-state index contributed by atoms with van der Waals surface area (Å²) in [5.41, 5.74) is -2.90. The lowest BCUT2D eigenvalue weighted by Crippen LogP contribution is -1.95. The first kappa shape index (κ1) is 15.6. The number of nitro benzene ring substituents is 2. The van der Waals surface area contributed by atoms with Crippen LogP contribution in [0.2, 0.25) is 0 Å². The van der Waals surface area contributed by atoms with Gasteiger partial charge in [-0.1, -0.05) is 12.1 Å². The van der Waals surface area contributed by atoms with Crippen LogP contribution in [0, 0.1) is 20.2 Å². The third-order valence-electron chi connectivity index (χ3n) is 2.73. The molecule has 3 N–H and O–H groups in total. The van der Waals surface area contributed by atoms with Crippen molar-refractivity contribution in [1.29, 1.82) is 0 Å². The molecule has 0 aliphatic carbocycles. The molecule has 0 aliphatic rings. The van der Waals surface area contributed by atoms with Crippen molar-refractivity contribution < 1.29 is 25.2 Å². The van der Waals surface area contributed by atoms with E-state index in [0.29, 0.717) is 6.07 Å². The molecule has 2 aromatic carbocycles. The maximum absolute atomic E-state index is 10.8. The van der Waals surface area contributed by atoms with Crippen LogP contribution in [0.1, 0.15) is 0 Å². The quantitative estimate of drug-likeness (QED) is 0.441. The second kappa shape index (κ2) is 5.93.